The highest BCUT2D eigenvalue weighted by Gasteiger charge is 2.32. The highest BCUT2D eigenvalue weighted by Crippen LogP contribution is 2.24. The van der Waals surface area contributed by atoms with E-state index >= 15 is 0 Å². The number of hydrogen-bond acceptors (Lipinski definition) is 8. The van der Waals surface area contributed by atoms with Crippen LogP contribution in [0.1, 0.15) is 12.1 Å². The van der Waals surface area contributed by atoms with Crippen LogP contribution in [0.4, 0.5) is 5.69 Å². The normalized spacial score (nSPS) is 15.4. The van der Waals surface area contributed by atoms with E-state index in [0.717, 1.165) is 0 Å². The van der Waals surface area contributed by atoms with Crippen molar-refractivity contribution >= 4 is 21.6 Å². The summed E-state index contributed by atoms with van der Waals surface area (Å²) in [6.45, 7) is 2.73. The molecule has 3 heterocycles. The van der Waals surface area contributed by atoms with Crippen molar-refractivity contribution in [1.29, 1.82) is 0 Å². The standard InChI is InChI=1S/C16H23N7O6S/c1-12-14(10-17-19(12)2)30(27,28)22-8-6-20(7-9-22)15(24)4-5-21-11-13(23(25)26)16(18-21)29-3/h10-11H,4-9H2,1-3H3. The van der Waals surface area contributed by atoms with E-state index in [2.05, 4.69) is 10.2 Å². The molecular weight excluding hydrogens is 418 g/mol. The van der Waals surface area contributed by atoms with Crippen molar-refractivity contribution in [2.45, 2.75) is 24.8 Å². The van der Waals surface area contributed by atoms with Gasteiger partial charge in [0.25, 0.3) is 0 Å². The van der Waals surface area contributed by atoms with Gasteiger partial charge >= 0.3 is 11.6 Å². The molecule has 3 rings (SSSR count). The minimum Gasteiger partial charge on any atom is -0.475 e. The van der Waals surface area contributed by atoms with Crippen LogP contribution < -0.4 is 4.74 Å². The first-order chi connectivity index (χ1) is 14.1. The number of nitrogens with zero attached hydrogens (tertiary/aromatic N) is 7. The van der Waals surface area contributed by atoms with Crippen LogP contribution >= 0.6 is 0 Å². The maximum absolute atomic E-state index is 12.8. The molecule has 0 unspecified atom stereocenters. The van der Waals surface area contributed by atoms with Gasteiger partial charge in [-0.2, -0.15) is 9.40 Å². The van der Waals surface area contributed by atoms with Crippen molar-refractivity contribution < 1.29 is 22.9 Å². The first kappa shape index (κ1) is 21.7. The summed E-state index contributed by atoms with van der Waals surface area (Å²) in [5.74, 6) is -0.293. The molecule has 0 N–H and O–H groups in total. The molecule has 1 fully saturated rings. The Morgan fingerprint density at radius 2 is 1.97 bits per heavy atom. The number of rotatable bonds is 7. The number of aryl methyl sites for hydroxylation is 2. The molecule has 2 aromatic rings. The molecule has 1 amide bonds. The summed E-state index contributed by atoms with van der Waals surface area (Å²) in [6.07, 6.45) is 2.63. The fourth-order valence-corrected chi connectivity index (χ4v) is 4.80. The molecule has 13 nitrogen and oxygen atoms in total. The molecule has 164 valence electrons. The van der Waals surface area contributed by atoms with E-state index < -0.39 is 14.9 Å². The van der Waals surface area contributed by atoms with E-state index in [9.17, 15) is 23.3 Å². The second-order valence-corrected chi connectivity index (χ2v) is 8.70. The van der Waals surface area contributed by atoms with Gasteiger partial charge in [-0.25, -0.2) is 8.42 Å². The number of ether oxygens (including phenoxy) is 1. The lowest BCUT2D eigenvalue weighted by Crippen LogP contribution is -2.50. The molecule has 14 heteroatoms. The number of nitro groups is 1. The Morgan fingerprint density at radius 3 is 2.47 bits per heavy atom. The Bertz CT molecular complexity index is 1050. The second-order valence-electron chi connectivity index (χ2n) is 6.80. The summed E-state index contributed by atoms with van der Waals surface area (Å²) in [4.78, 5) is 24.6. The molecule has 1 aliphatic rings. The predicted molar refractivity (Wildman–Crippen MR) is 103 cm³/mol. The monoisotopic (exact) mass is 441 g/mol. The molecule has 30 heavy (non-hydrogen) atoms. The lowest BCUT2D eigenvalue weighted by molar-refractivity contribution is -0.385. The molecule has 0 radical (unpaired) electrons. The summed E-state index contributed by atoms with van der Waals surface area (Å²) >= 11 is 0. The molecule has 2 aromatic heterocycles. The molecule has 0 atom stereocenters. The quantitative estimate of drug-likeness (QED) is 0.423. The van der Waals surface area contributed by atoms with Crippen LogP contribution in [0.25, 0.3) is 0 Å². The van der Waals surface area contributed by atoms with Crippen molar-refractivity contribution in [2.75, 3.05) is 33.3 Å². The molecular formula is C16H23N7O6S. The van der Waals surface area contributed by atoms with Crippen LogP contribution in [0.15, 0.2) is 17.3 Å². The smallest absolute Gasteiger partial charge is 0.350 e. The van der Waals surface area contributed by atoms with Crippen LogP contribution in [0.2, 0.25) is 0 Å². The van der Waals surface area contributed by atoms with E-state index in [1.54, 1.807) is 18.9 Å². The van der Waals surface area contributed by atoms with E-state index in [-0.39, 0.29) is 61.5 Å². The molecule has 0 saturated carbocycles. The Kier molecular flexibility index (Phi) is 6.07. The Balaban J connectivity index is 1.57. The Hall–Kier alpha value is -3.00. The van der Waals surface area contributed by atoms with Gasteiger partial charge in [0.05, 0.1) is 30.5 Å². The second kappa shape index (κ2) is 8.39. The van der Waals surface area contributed by atoms with E-state index in [1.165, 1.54) is 33.2 Å². The zero-order valence-electron chi connectivity index (χ0n) is 16.9. The van der Waals surface area contributed by atoms with Crippen LogP contribution in [0, 0.1) is 17.0 Å². The Morgan fingerprint density at radius 1 is 1.30 bits per heavy atom. The molecule has 0 spiro atoms. The number of sulfonamides is 1. The minimum atomic E-state index is -3.67. The minimum absolute atomic E-state index is 0.0798. The summed E-state index contributed by atoms with van der Waals surface area (Å²) in [5.41, 5.74) is 0.284. The molecule has 1 aliphatic heterocycles. The van der Waals surface area contributed by atoms with Gasteiger partial charge in [-0.05, 0) is 6.92 Å². The third kappa shape index (κ3) is 4.14. The maximum Gasteiger partial charge on any atom is 0.350 e. The third-order valence-electron chi connectivity index (χ3n) is 5.05. The van der Waals surface area contributed by atoms with Crippen LogP contribution in [0.5, 0.6) is 5.88 Å². The van der Waals surface area contributed by atoms with Crippen molar-refractivity contribution in [3.8, 4) is 5.88 Å². The first-order valence-electron chi connectivity index (χ1n) is 9.17. The number of amides is 1. The van der Waals surface area contributed by atoms with Gasteiger partial charge in [0.1, 0.15) is 11.1 Å². The van der Waals surface area contributed by atoms with Gasteiger partial charge < -0.3 is 9.64 Å². The number of piperazine rings is 1. The zero-order chi connectivity index (χ0) is 22.1. The summed E-state index contributed by atoms with van der Waals surface area (Å²) in [5, 5.41) is 18.9. The molecule has 0 aliphatic carbocycles. The Labute approximate surface area is 173 Å². The average molecular weight is 441 g/mol. The van der Waals surface area contributed by atoms with Crippen molar-refractivity contribution in [2.24, 2.45) is 7.05 Å². The lowest BCUT2D eigenvalue weighted by atomic mass is 10.3. The van der Waals surface area contributed by atoms with Gasteiger partial charge in [0, 0.05) is 39.6 Å². The highest BCUT2D eigenvalue weighted by atomic mass is 32.2. The summed E-state index contributed by atoms with van der Waals surface area (Å²) in [7, 11) is -0.711. The van der Waals surface area contributed by atoms with Crippen LogP contribution in [-0.2, 0) is 28.4 Å². The van der Waals surface area contributed by atoms with Gasteiger partial charge in [0.15, 0.2) is 0 Å². The van der Waals surface area contributed by atoms with E-state index in [1.807, 2.05) is 0 Å². The van der Waals surface area contributed by atoms with E-state index in [0.29, 0.717) is 5.69 Å². The van der Waals surface area contributed by atoms with Gasteiger partial charge in [-0.15, -0.1) is 5.10 Å². The number of hydrogen-bond donors (Lipinski definition) is 0. The van der Waals surface area contributed by atoms with Gasteiger partial charge in [-0.3, -0.25) is 24.3 Å². The lowest BCUT2D eigenvalue weighted by Gasteiger charge is -2.34. The van der Waals surface area contributed by atoms with E-state index in [4.69, 9.17) is 4.74 Å². The predicted octanol–water partition coefficient (Wildman–Crippen LogP) is -0.235. The third-order valence-corrected chi connectivity index (χ3v) is 7.06. The average Bonchev–Trinajstić information content (AvgIpc) is 3.30. The SMILES string of the molecule is COc1nn(CCC(=O)N2CCN(S(=O)(=O)c3cnn(C)c3C)CC2)cc1[N+](=O)[O-]. The fourth-order valence-electron chi connectivity index (χ4n) is 3.20. The number of methoxy groups -OCH3 is 1. The highest BCUT2D eigenvalue weighted by molar-refractivity contribution is 7.89. The van der Waals surface area contributed by atoms with Crippen LogP contribution in [-0.4, -0.2) is 81.3 Å². The summed E-state index contributed by atoms with van der Waals surface area (Å²) in [6, 6.07) is 0. The largest absolute Gasteiger partial charge is 0.475 e. The van der Waals surface area contributed by atoms with Gasteiger partial charge in [0.2, 0.25) is 15.9 Å². The first-order valence-corrected chi connectivity index (χ1v) is 10.6. The number of carbonyl (C=O) groups excluding carboxylic acids is 1. The maximum atomic E-state index is 12.8. The van der Waals surface area contributed by atoms with Crippen molar-refractivity contribution in [3.63, 3.8) is 0 Å². The number of carbonyl (C=O) groups is 1. The summed E-state index contributed by atoms with van der Waals surface area (Å²) < 4.78 is 34.6. The van der Waals surface area contributed by atoms with Crippen molar-refractivity contribution in [3.05, 3.63) is 28.2 Å². The molecule has 1 saturated heterocycles. The fraction of sp³-hybridized carbons (Fsp3) is 0.562. The number of aromatic nitrogens is 4. The zero-order valence-corrected chi connectivity index (χ0v) is 17.7. The topological polar surface area (TPSA) is 146 Å². The molecule has 0 bridgehead atoms. The van der Waals surface area contributed by atoms with Crippen LogP contribution in [0.3, 0.4) is 0 Å². The van der Waals surface area contributed by atoms with Gasteiger partial charge in [-0.1, -0.05) is 0 Å². The molecule has 0 aromatic carbocycles. The van der Waals surface area contributed by atoms with Crippen molar-refractivity contribution in [1.82, 2.24) is 28.8 Å².